The molecule has 0 radical (unpaired) electrons. The Bertz CT molecular complexity index is 974. The van der Waals surface area contributed by atoms with Crippen molar-refractivity contribution in [2.45, 2.75) is 6.92 Å². The van der Waals surface area contributed by atoms with Gasteiger partial charge in [0, 0.05) is 5.69 Å². The molecule has 0 spiro atoms. The normalized spacial score (nSPS) is 9.75. The predicted octanol–water partition coefficient (Wildman–Crippen LogP) is 3.99. The van der Waals surface area contributed by atoms with E-state index in [0.717, 1.165) is 5.69 Å². The summed E-state index contributed by atoms with van der Waals surface area (Å²) in [6, 6.07) is 20.1. The third-order valence-electron chi connectivity index (χ3n) is 3.76. The molecule has 1 aromatic heterocycles. The van der Waals surface area contributed by atoms with Gasteiger partial charge in [-0.05, 0) is 43.3 Å². The molecule has 5 nitrogen and oxygen atoms in total. The fraction of sp³-hybridized carbons (Fsp3) is 0.130. The summed E-state index contributed by atoms with van der Waals surface area (Å²) >= 11 is 0. The zero-order valence-electron chi connectivity index (χ0n) is 15.5. The maximum absolute atomic E-state index is 12.4. The first-order valence-electron chi connectivity index (χ1n) is 8.84. The van der Waals surface area contributed by atoms with Crippen LogP contribution >= 0.6 is 0 Å². The fourth-order valence-corrected chi connectivity index (χ4v) is 2.35. The smallest absolute Gasteiger partial charge is 0.255 e. The maximum Gasteiger partial charge on any atom is 0.255 e. The third-order valence-corrected chi connectivity index (χ3v) is 3.76. The molecule has 5 heteroatoms. The van der Waals surface area contributed by atoms with Crippen LogP contribution in [0, 0.1) is 18.8 Å². The lowest BCUT2D eigenvalue weighted by Crippen LogP contribution is -2.24. The van der Waals surface area contributed by atoms with Crippen LogP contribution in [0.1, 0.15) is 16.1 Å². The Balaban J connectivity index is 1.51. The van der Waals surface area contributed by atoms with Crippen molar-refractivity contribution in [2.75, 3.05) is 13.2 Å². The molecule has 0 unspecified atom stereocenters. The number of hydrogen-bond donors (Lipinski definition) is 1. The molecule has 3 rings (SSSR count). The second-order valence-electron chi connectivity index (χ2n) is 5.87. The molecule has 0 aliphatic rings. The lowest BCUT2D eigenvalue weighted by Gasteiger charge is -2.10. The highest BCUT2D eigenvalue weighted by Crippen LogP contribution is 2.24. The summed E-state index contributed by atoms with van der Waals surface area (Å²) in [6.45, 7) is 2.36. The number of para-hydroxylation sites is 2. The van der Waals surface area contributed by atoms with E-state index in [1.165, 1.54) is 0 Å². The minimum atomic E-state index is -0.246. The second-order valence-corrected chi connectivity index (χ2v) is 5.87. The van der Waals surface area contributed by atoms with Gasteiger partial charge in [-0.15, -0.1) is 0 Å². The van der Waals surface area contributed by atoms with Gasteiger partial charge in [-0.3, -0.25) is 9.78 Å². The van der Waals surface area contributed by atoms with Crippen LogP contribution in [0.25, 0.3) is 0 Å². The van der Waals surface area contributed by atoms with Gasteiger partial charge in [0.25, 0.3) is 5.91 Å². The zero-order chi connectivity index (χ0) is 19.6. The van der Waals surface area contributed by atoms with E-state index in [1.807, 2.05) is 55.5 Å². The number of carbonyl (C=O) groups is 1. The summed E-state index contributed by atoms with van der Waals surface area (Å²) in [6.07, 6.45) is 1.66. The van der Waals surface area contributed by atoms with Crippen LogP contribution < -0.4 is 14.8 Å². The highest BCUT2D eigenvalue weighted by molar-refractivity contribution is 5.97. The van der Waals surface area contributed by atoms with E-state index < -0.39 is 0 Å². The second kappa shape index (κ2) is 9.79. The Kier molecular flexibility index (Phi) is 6.64. The first-order valence-corrected chi connectivity index (χ1v) is 8.84. The molecule has 0 saturated heterocycles. The van der Waals surface area contributed by atoms with E-state index in [9.17, 15) is 4.79 Å². The van der Waals surface area contributed by atoms with Gasteiger partial charge in [0.05, 0.1) is 18.3 Å². The van der Waals surface area contributed by atoms with Crippen LogP contribution in [0.4, 0.5) is 0 Å². The molecule has 1 heterocycles. The first kappa shape index (κ1) is 19.0. The van der Waals surface area contributed by atoms with Gasteiger partial charge >= 0.3 is 0 Å². The largest absolute Gasteiger partial charge is 0.479 e. The number of aromatic nitrogens is 1. The van der Waals surface area contributed by atoms with Crippen molar-refractivity contribution in [1.82, 2.24) is 10.3 Å². The minimum Gasteiger partial charge on any atom is -0.479 e. The topological polar surface area (TPSA) is 60.5 Å². The quantitative estimate of drug-likeness (QED) is 0.665. The van der Waals surface area contributed by atoms with Crippen molar-refractivity contribution < 1.29 is 14.3 Å². The summed E-state index contributed by atoms with van der Waals surface area (Å²) in [4.78, 5) is 16.6. The maximum atomic E-state index is 12.4. The van der Waals surface area contributed by atoms with E-state index >= 15 is 0 Å². The number of benzene rings is 2. The van der Waals surface area contributed by atoms with Gasteiger partial charge in [-0.1, -0.05) is 42.2 Å². The number of carbonyl (C=O) groups excluding carboxylic acids is 1. The number of aryl methyl sites for hydroxylation is 1. The standard InChI is InChI=1S/C23H20N2O3/c1-18-13-14-20(17-25-18)27-16-8-7-15-24-23(26)21-11-5-6-12-22(21)28-19-9-3-2-4-10-19/h2-6,9-14,17H,15-16H2,1H3,(H,24,26). The number of ether oxygens (including phenoxy) is 2. The number of rotatable bonds is 6. The van der Waals surface area contributed by atoms with E-state index in [1.54, 1.807) is 24.4 Å². The third kappa shape index (κ3) is 5.61. The monoisotopic (exact) mass is 372 g/mol. The number of pyridine rings is 1. The Morgan fingerprint density at radius 3 is 2.54 bits per heavy atom. The average molecular weight is 372 g/mol. The summed E-state index contributed by atoms with van der Waals surface area (Å²) in [5, 5.41) is 2.77. The van der Waals surface area contributed by atoms with E-state index in [0.29, 0.717) is 22.8 Å². The van der Waals surface area contributed by atoms with Crippen molar-refractivity contribution in [3.63, 3.8) is 0 Å². The highest BCUT2D eigenvalue weighted by Gasteiger charge is 2.11. The molecule has 0 fully saturated rings. The van der Waals surface area contributed by atoms with Crippen LogP contribution in [0.5, 0.6) is 17.2 Å². The lowest BCUT2D eigenvalue weighted by molar-refractivity contribution is 0.0956. The summed E-state index contributed by atoms with van der Waals surface area (Å²) in [5.41, 5.74) is 1.38. The predicted molar refractivity (Wildman–Crippen MR) is 108 cm³/mol. The molecule has 2 aromatic carbocycles. The fourth-order valence-electron chi connectivity index (χ4n) is 2.35. The molecule has 1 amide bonds. The van der Waals surface area contributed by atoms with Crippen LogP contribution in [0.3, 0.4) is 0 Å². The minimum absolute atomic E-state index is 0.216. The van der Waals surface area contributed by atoms with Gasteiger partial charge < -0.3 is 14.8 Å². The molecular weight excluding hydrogens is 352 g/mol. The van der Waals surface area contributed by atoms with Crippen molar-refractivity contribution in [3.05, 3.63) is 84.2 Å². The van der Waals surface area contributed by atoms with Gasteiger partial charge in [-0.25, -0.2) is 0 Å². The molecule has 0 aliphatic carbocycles. The van der Waals surface area contributed by atoms with E-state index in [4.69, 9.17) is 9.47 Å². The average Bonchev–Trinajstić information content (AvgIpc) is 2.73. The SMILES string of the molecule is Cc1ccc(OCC#CCNC(=O)c2ccccc2Oc2ccccc2)cn1. The molecular formula is C23H20N2O3. The van der Waals surface area contributed by atoms with Crippen LogP contribution in [-0.4, -0.2) is 24.0 Å². The Morgan fingerprint density at radius 2 is 1.75 bits per heavy atom. The van der Waals surface area contributed by atoms with Crippen LogP contribution in [0.2, 0.25) is 0 Å². The van der Waals surface area contributed by atoms with Gasteiger partial charge in [0.2, 0.25) is 0 Å². The number of nitrogens with zero attached hydrogens (tertiary/aromatic N) is 1. The molecule has 0 saturated carbocycles. The van der Waals surface area contributed by atoms with Crippen molar-refractivity contribution in [3.8, 4) is 29.1 Å². The van der Waals surface area contributed by atoms with Crippen LogP contribution in [0.15, 0.2) is 72.9 Å². The molecule has 3 aromatic rings. The summed E-state index contributed by atoms with van der Waals surface area (Å²) in [5.74, 6) is 7.32. The molecule has 0 bridgehead atoms. The molecule has 1 N–H and O–H groups in total. The molecule has 0 aliphatic heterocycles. The Morgan fingerprint density at radius 1 is 0.964 bits per heavy atom. The summed E-state index contributed by atoms with van der Waals surface area (Å²) in [7, 11) is 0. The van der Waals surface area contributed by atoms with E-state index in [-0.39, 0.29) is 19.1 Å². The Labute approximate surface area is 164 Å². The molecule has 28 heavy (non-hydrogen) atoms. The highest BCUT2D eigenvalue weighted by atomic mass is 16.5. The Hall–Kier alpha value is -3.78. The lowest BCUT2D eigenvalue weighted by atomic mass is 10.2. The number of hydrogen-bond acceptors (Lipinski definition) is 4. The van der Waals surface area contributed by atoms with Crippen LogP contribution in [-0.2, 0) is 0 Å². The van der Waals surface area contributed by atoms with Gasteiger partial charge in [0.1, 0.15) is 23.9 Å². The first-order chi connectivity index (χ1) is 13.7. The van der Waals surface area contributed by atoms with E-state index in [2.05, 4.69) is 22.1 Å². The van der Waals surface area contributed by atoms with Crippen molar-refractivity contribution in [1.29, 1.82) is 0 Å². The summed E-state index contributed by atoms with van der Waals surface area (Å²) < 4.78 is 11.3. The zero-order valence-corrected chi connectivity index (χ0v) is 15.5. The van der Waals surface area contributed by atoms with Crippen molar-refractivity contribution in [2.24, 2.45) is 0 Å². The molecule has 140 valence electrons. The number of nitrogens with one attached hydrogen (secondary N) is 1. The molecule has 0 atom stereocenters. The van der Waals surface area contributed by atoms with Crippen molar-refractivity contribution >= 4 is 5.91 Å². The van der Waals surface area contributed by atoms with Gasteiger partial charge in [0.15, 0.2) is 0 Å². The number of amides is 1. The van der Waals surface area contributed by atoms with Gasteiger partial charge in [-0.2, -0.15) is 0 Å².